The summed E-state index contributed by atoms with van der Waals surface area (Å²) in [5.74, 6) is 0.967. The SMILES string of the molecule is CC1C(O)OC(N2CCc3c2nc(Nc2c(-c4ccccc4)oc4ccccc4c2=O)[nH]c3=O)C1C. The number of aliphatic hydroxyl groups is 1. The zero-order valence-corrected chi connectivity index (χ0v) is 19.9. The van der Waals surface area contributed by atoms with Gasteiger partial charge >= 0.3 is 0 Å². The molecule has 2 aliphatic heterocycles. The van der Waals surface area contributed by atoms with E-state index in [1.54, 1.807) is 18.2 Å². The van der Waals surface area contributed by atoms with Crippen molar-refractivity contribution in [3.8, 4) is 11.3 Å². The molecule has 0 saturated carbocycles. The first-order valence-electron chi connectivity index (χ1n) is 12.0. The van der Waals surface area contributed by atoms with Crippen molar-refractivity contribution >= 4 is 28.4 Å². The van der Waals surface area contributed by atoms with E-state index in [0.717, 1.165) is 0 Å². The minimum Gasteiger partial charge on any atom is -0.454 e. The third-order valence-electron chi connectivity index (χ3n) is 7.26. The van der Waals surface area contributed by atoms with E-state index in [-0.39, 0.29) is 34.5 Å². The van der Waals surface area contributed by atoms with Crippen LogP contribution in [0.25, 0.3) is 22.3 Å². The quantitative estimate of drug-likeness (QED) is 0.400. The summed E-state index contributed by atoms with van der Waals surface area (Å²) in [5.41, 5.74) is 1.37. The van der Waals surface area contributed by atoms with Crippen LogP contribution in [0.3, 0.4) is 0 Å². The van der Waals surface area contributed by atoms with Gasteiger partial charge in [-0.1, -0.05) is 56.3 Å². The average Bonchev–Trinajstić information content (AvgIpc) is 3.42. The summed E-state index contributed by atoms with van der Waals surface area (Å²) in [7, 11) is 0. The van der Waals surface area contributed by atoms with Gasteiger partial charge in [-0.25, -0.2) is 0 Å². The van der Waals surface area contributed by atoms with Crippen LogP contribution in [0.1, 0.15) is 19.4 Å². The molecule has 4 heterocycles. The molecule has 4 atom stereocenters. The van der Waals surface area contributed by atoms with Gasteiger partial charge in [-0.2, -0.15) is 4.98 Å². The van der Waals surface area contributed by atoms with E-state index in [2.05, 4.69) is 10.3 Å². The highest BCUT2D eigenvalue weighted by molar-refractivity contribution is 5.87. The Balaban J connectivity index is 1.45. The summed E-state index contributed by atoms with van der Waals surface area (Å²) < 4.78 is 12.0. The van der Waals surface area contributed by atoms with E-state index in [1.165, 1.54) is 0 Å². The van der Waals surface area contributed by atoms with E-state index < -0.39 is 12.5 Å². The van der Waals surface area contributed by atoms with Crippen LogP contribution in [0.4, 0.5) is 17.5 Å². The second-order valence-corrected chi connectivity index (χ2v) is 9.42. The highest BCUT2D eigenvalue weighted by Crippen LogP contribution is 2.38. The number of aliphatic hydroxyl groups excluding tert-OH is 1. The molecule has 4 aromatic rings. The fourth-order valence-electron chi connectivity index (χ4n) is 5.03. The number of para-hydroxylation sites is 1. The van der Waals surface area contributed by atoms with E-state index in [1.807, 2.05) is 55.1 Å². The lowest BCUT2D eigenvalue weighted by Gasteiger charge is -2.28. The van der Waals surface area contributed by atoms with Crippen LogP contribution in [-0.2, 0) is 11.2 Å². The predicted molar refractivity (Wildman–Crippen MR) is 136 cm³/mol. The van der Waals surface area contributed by atoms with Crippen LogP contribution in [0.2, 0.25) is 0 Å². The smallest absolute Gasteiger partial charge is 0.257 e. The topological polar surface area (TPSA) is 121 Å². The van der Waals surface area contributed by atoms with Crippen LogP contribution in [0.5, 0.6) is 0 Å². The lowest BCUT2D eigenvalue weighted by atomic mass is 9.96. The van der Waals surface area contributed by atoms with Crippen molar-refractivity contribution in [3.05, 3.63) is 80.7 Å². The van der Waals surface area contributed by atoms with Crippen molar-refractivity contribution in [1.29, 1.82) is 0 Å². The number of nitrogens with one attached hydrogen (secondary N) is 2. The Labute approximate surface area is 206 Å². The molecule has 2 aliphatic rings. The third-order valence-corrected chi connectivity index (χ3v) is 7.26. The number of hydrogen-bond acceptors (Lipinski definition) is 8. The number of anilines is 3. The Morgan fingerprint density at radius 2 is 1.81 bits per heavy atom. The minimum absolute atomic E-state index is 0.0423. The van der Waals surface area contributed by atoms with Gasteiger partial charge in [0.15, 0.2) is 12.1 Å². The van der Waals surface area contributed by atoms with Crippen molar-refractivity contribution in [2.24, 2.45) is 11.8 Å². The highest BCUT2D eigenvalue weighted by atomic mass is 16.6. The number of ether oxygens (including phenoxy) is 1. The summed E-state index contributed by atoms with van der Waals surface area (Å²) in [6, 6.07) is 16.3. The normalized spacial score (nSPS) is 23.2. The van der Waals surface area contributed by atoms with Crippen molar-refractivity contribution in [3.63, 3.8) is 0 Å². The number of H-pyrrole nitrogens is 1. The summed E-state index contributed by atoms with van der Waals surface area (Å²) in [5, 5.41) is 13.7. The lowest BCUT2D eigenvalue weighted by molar-refractivity contribution is -0.105. The zero-order chi connectivity index (χ0) is 25.0. The zero-order valence-electron chi connectivity index (χ0n) is 19.9. The maximum atomic E-state index is 13.5. The highest BCUT2D eigenvalue weighted by Gasteiger charge is 2.44. The number of aromatic amines is 1. The molecule has 4 unspecified atom stereocenters. The summed E-state index contributed by atoms with van der Waals surface area (Å²) in [4.78, 5) is 35.9. The second kappa shape index (κ2) is 8.61. The first kappa shape index (κ1) is 22.5. The van der Waals surface area contributed by atoms with E-state index >= 15 is 0 Å². The van der Waals surface area contributed by atoms with Gasteiger partial charge in [0.05, 0.1) is 10.9 Å². The molecule has 2 aromatic carbocycles. The molecule has 0 spiro atoms. The number of fused-ring (bicyclic) bond motifs is 2. The van der Waals surface area contributed by atoms with Gasteiger partial charge in [0.1, 0.15) is 23.3 Å². The van der Waals surface area contributed by atoms with Gasteiger partial charge in [0, 0.05) is 23.9 Å². The molecule has 3 N–H and O–H groups in total. The summed E-state index contributed by atoms with van der Waals surface area (Å²) >= 11 is 0. The first-order valence-corrected chi connectivity index (χ1v) is 12.0. The number of benzene rings is 2. The number of rotatable bonds is 4. The minimum atomic E-state index is -0.871. The Morgan fingerprint density at radius 3 is 2.56 bits per heavy atom. The van der Waals surface area contributed by atoms with Crippen molar-refractivity contribution < 1.29 is 14.3 Å². The standard InChI is InChI=1S/C27H26N4O5/c1-14-15(2)26(34)36-25(14)31-13-12-18-23(31)29-27(30-24(18)33)28-20-21(32)17-10-6-7-11-19(17)35-22(20)16-8-4-3-5-9-16/h3-11,14-15,25-26,34H,12-13H2,1-2H3,(H2,28,29,30,33). The Kier molecular flexibility index (Phi) is 5.39. The molecular formula is C27H26N4O5. The predicted octanol–water partition coefficient (Wildman–Crippen LogP) is 3.60. The molecule has 2 aromatic heterocycles. The van der Waals surface area contributed by atoms with Crippen LogP contribution < -0.4 is 21.2 Å². The molecule has 1 saturated heterocycles. The van der Waals surface area contributed by atoms with Crippen molar-refractivity contribution in [2.45, 2.75) is 32.8 Å². The Bertz CT molecular complexity index is 1560. The van der Waals surface area contributed by atoms with Gasteiger partial charge in [-0.3, -0.25) is 14.6 Å². The molecule has 36 heavy (non-hydrogen) atoms. The van der Waals surface area contributed by atoms with Crippen LogP contribution in [0.15, 0.2) is 68.6 Å². The number of nitrogens with zero attached hydrogens (tertiary/aromatic N) is 2. The molecule has 0 radical (unpaired) electrons. The van der Waals surface area contributed by atoms with E-state index in [4.69, 9.17) is 14.1 Å². The van der Waals surface area contributed by atoms with Crippen molar-refractivity contribution in [2.75, 3.05) is 16.8 Å². The fourth-order valence-corrected chi connectivity index (χ4v) is 5.03. The molecule has 1 fully saturated rings. The summed E-state index contributed by atoms with van der Waals surface area (Å²) in [6.45, 7) is 4.51. The fraction of sp³-hybridized carbons (Fsp3) is 0.296. The molecule has 9 nitrogen and oxygen atoms in total. The summed E-state index contributed by atoms with van der Waals surface area (Å²) in [6.07, 6.45) is -0.754. The molecule has 0 bridgehead atoms. The third kappa shape index (κ3) is 3.59. The Morgan fingerprint density at radius 1 is 1.06 bits per heavy atom. The van der Waals surface area contributed by atoms with E-state index in [0.29, 0.717) is 46.6 Å². The van der Waals surface area contributed by atoms with Gasteiger partial charge < -0.3 is 24.5 Å². The van der Waals surface area contributed by atoms with Gasteiger partial charge in [-0.05, 0) is 18.6 Å². The van der Waals surface area contributed by atoms with Crippen molar-refractivity contribution in [1.82, 2.24) is 9.97 Å². The van der Waals surface area contributed by atoms with Crippen LogP contribution >= 0.6 is 0 Å². The van der Waals surface area contributed by atoms with E-state index in [9.17, 15) is 14.7 Å². The second-order valence-electron chi connectivity index (χ2n) is 9.42. The molecule has 6 rings (SSSR count). The maximum Gasteiger partial charge on any atom is 0.257 e. The lowest BCUT2D eigenvalue weighted by Crippen LogP contribution is -2.38. The molecular weight excluding hydrogens is 460 g/mol. The van der Waals surface area contributed by atoms with Gasteiger partial charge in [0.25, 0.3) is 5.56 Å². The molecule has 0 amide bonds. The first-order chi connectivity index (χ1) is 17.4. The Hall–Kier alpha value is -3.95. The molecule has 184 valence electrons. The van der Waals surface area contributed by atoms with Crippen LogP contribution in [0, 0.1) is 11.8 Å². The number of hydrogen-bond donors (Lipinski definition) is 3. The largest absolute Gasteiger partial charge is 0.454 e. The van der Waals surface area contributed by atoms with Gasteiger partial charge in [0.2, 0.25) is 11.4 Å². The molecule has 0 aliphatic carbocycles. The van der Waals surface area contributed by atoms with Gasteiger partial charge in [-0.15, -0.1) is 0 Å². The number of aromatic nitrogens is 2. The monoisotopic (exact) mass is 486 g/mol. The van der Waals surface area contributed by atoms with Crippen LogP contribution in [-0.4, -0.2) is 34.1 Å². The average molecular weight is 487 g/mol. The maximum absolute atomic E-state index is 13.5. The molecule has 9 heteroatoms.